The Bertz CT molecular complexity index is 568. The van der Waals surface area contributed by atoms with Crippen molar-refractivity contribution in [3.05, 3.63) is 45.6 Å². The number of rotatable bonds is 3. The smallest absolute Gasteiger partial charge is 0.232 e. The third-order valence-corrected chi connectivity index (χ3v) is 3.94. The predicted octanol–water partition coefficient (Wildman–Crippen LogP) is 3.85. The lowest BCUT2D eigenvalue weighted by molar-refractivity contribution is -0.117. The van der Waals surface area contributed by atoms with Gasteiger partial charge in [-0.3, -0.25) is 4.79 Å². The molecule has 0 bridgehead atoms. The second kappa shape index (κ2) is 5.42. The average Bonchev–Trinajstić information content (AvgIpc) is 2.75. The van der Waals surface area contributed by atoms with Crippen molar-refractivity contribution in [2.45, 2.75) is 12.8 Å². The van der Waals surface area contributed by atoms with Gasteiger partial charge in [-0.1, -0.05) is 17.7 Å². The minimum absolute atomic E-state index is 0.125. The van der Waals surface area contributed by atoms with Crippen molar-refractivity contribution >= 4 is 34.5 Å². The second-order valence-corrected chi connectivity index (χ2v) is 5.65. The van der Waals surface area contributed by atoms with Gasteiger partial charge in [-0.25, -0.2) is 0 Å². The van der Waals surface area contributed by atoms with Crippen LogP contribution in [0, 0.1) is 0 Å². The van der Waals surface area contributed by atoms with Crippen LogP contribution in [0.4, 0.5) is 5.69 Å². The van der Waals surface area contributed by atoms with Gasteiger partial charge < -0.3 is 10.4 Å². The highest BCUT2D eigenvalue weighted by Gasteiger charge is 2.17. The molecule has 0 spiro atoms. The van der Waals surface area contributed by atoms with Crippen molar-refractivity contribution < 1.29 is 9.90 Å². The van der Waals surface area contributed by atoms with E-state index in [0.29, 0.717) is 10.0 Å². The Morgan fingerprint density at radius 2 is 2.17 bits per heavy atom. The number of halogens is 1. The summed E-state index contributed by atoms with van der Waals surface area (Å²) in [7, 11) is 0. The monoisotopic (exact) mass is 281 g/mol. The van der Waals surface area contributed by atoms with E-state index in [1.165, 1.54) is 17.4 Å². The third-order valence-electron chi connectivity index (χ3n) is 2.53. The molecular weight excluding hydrogens is 270 g/mol. The van der Waals surface area contributed by atoms with Crippen LogP contribution >= 0.6 is 22.9 Å². The molecule has 94 valence electrons. The molecule has 3 nitrogen and oxygen atoms in total. The quantitative estimate of drug-likeness (QED) is 0.898. The molecule has 0 aliphatic carbocycles. The first kappa shape index (κ1) is 12.9. The van der Waals surface area contributed by atoms with Crippen LogP contribution in [0.2, 0.25) is 4.34 Å². The number of phenols is 1. The number of aromatic hydroxyl groups is 1. The molecule has 0 saturated heterocycles. The number of amides is 1. The molecular formula is C13H12ClNO2S. The maximum absolute atomic E-state index is 12.0. The van der Waals surface area contributed by atoms with Crippen molar-refractivity contribution in [3.8, 4) is 5.75 Å². The van der Waals surface area contributed by atoms with Crippen LogP contribution in [-0.4, -0.2) is 11.0 Å². The first-order chi connectivity index (χ1) is 8.56. The first-order valence-electron chi connectivity index (χ1n) is 5.41. The highest BCUT2D eigenvalue weighted by molar-refractivity contribution is 7.16. The molecule has 2 N–H and O–H groups in total. The molecule has 0 saturated carbocycles. The molecule has 1 unspecified atom stereocenters. The van der Waals surface area contributed by atoms with Crippen molar-refractivity contribution in [2.24, 2.45) is 0 Å². The first-order valence-corrected chi connectivity index (χ1v) is 6.61. The van der Waals surface area contributed by atoms with E-state index >= 15 is 0 Å². The number of benzene rings is 1. The molecule has 0 radical (unpaired) electrons. The molecule has 1 heterocycles. The highest BCUT2D eigenvalue weighted by Crippen LogP contribution is 2.29. The van der Waals surface area contributed by atoms with Gasteiger partial charge in [0.05, 0.1) is 10.3 Å². The summed E-state index contributed by atoms with van der Waals surface area (Å²) < 4.78 is 0.669. The van der Waals surface area contributed by atoms with Gasteiger partial charge in [0, 0.05) is 16.6 Å². The van der Waals surface area contributed by atoms with Crippen molar-refractivity contribution in [3.63, 3.8) is 0 Å². The average molecular weight is 282 g/mol. The van der Waals surface area contributed by atoms with Crippen LogP contribution in [-0.2, 0) is 4.79 Å². The fourth-order valence-electron chi connectivity index (χ4n) is 1.52. The summed E-state index contributed by atoms with van der Waals surface area (Å²) in [6.45, 7) is 1.82. The molecule has 1 atom stereocenters. The Labute approximate surface area is 114 Å². The van der Waals surface area contributed by atoms with Crippen molar-refractivity contribution in [1.29, 1.82) is 0 Å². The maximum Gasteiger partial charge on any atom is 0.232 e. The van der Waals surface area contributed by atoms with E-state index in [9.17, 15) is 9.90 Å². The third kappa shape index (κ3) is 3.03. The van der Waals surface area contributed by atoms with Gasteiger partial charge in [0.25, 0.3) is 0 Å². The predicted molar refractivity (Wildman–Crippen MR) is 74.5 cm³/mol. The topological polar surface area (TPSA) is 49.3 Å². The maximum atomic E-state index is 12.0. The molecule has 0 aliphatic heterocycles. The van der Waals surface area contributed by atoms with Crippen LogP contribution in [0.1, 0.15) is 17.7 Å². The van der Waals surface area contributed by atoms with E-state index < -0.39 is 0 Å². The highest BCUT2D eigenvalue weighted by atomic mass is 35.5. The van der Waals surface area contributed by atoms with Crippen LogP contribution < -0.4 is 5.32 Å². The summed E-state index contributed by atoms with van der Waals surface area (Å²) in [5, 5.41) is 12.1. The Morgan fingerprint density at radius 3 is 2.78 bits per heavy atom. The Hall–Kier alpha value is -1.52. The standard InChI is InChI=1S/C13H12ClNO2S/c1-8(11-5-6-12(14)18-11)13(17)15-9-3-2-4-10(16)7-9/h2-8,16H,1H3,(H,15,17). The minimum Gasteiger partial charge on any atom is -0.508 e. The summed E-state index contributed by atoms with van der Waals surface area (Å²) in [5.41, 5.74) is 0.578. The fourth-order valence-corrected chi connectivity index (χ4v) is 2.64. The zero-order valence-electron chi connectivity index (χ0n) is 9.68. The van der Waals surface area contributed by atoms with E-state index in [1.807, 2.05) is 13.0 Å². The molecule has 18 heavy (non-hydrogen) atoms. The lowest BCUT2D eigenvalue weighted by Gasteiger charge is -2.10. The van der Waals surface area contributed by atoms with E-state index in [4.69, 9.17) is 11.6 Å². The molecule has 0 fully saturated rings. The summed E-state index contributed by atoms with van der Waals surface area (Å²) in [5.74, 6) is -0.274. The van der Waals surface area contributed by atoms with Gasteiger partial charge in [0.1, 0.15) is 5.75 Å². The van der Waals surface area contributed by atoms with Gasteiger partial charge in [0.2, 0.25) is 5.91 Å². The van der Waals surface area contributed by atoms with Crippen LogP contribution in [0.15, 0.2) is 36.4 Å². The van der Waals surface area contributed by atoms with Crippen LogP contribution in [0.3, 0.4) is 0 Å². The molecule has 2 aromatic rings. The van der Waals surface area contributed by atoms with Gasteiger partial charge in [-0.05, 0) is 31.2 Å². The van der Waals surface area contributed by atoms with E-state index in [2.05, 4.69) is 5.32 Å². The molecule has 1 aromatic heterocycles. The van der Waals surface area contributed by atoms with Gasteiger partial charge >= 0.3 is 0 Å². The van der Waals surface area contributed by atoms with Gasteiger partial charge in [0.15, 0.2) is 0 Å². The summed E-state index contributed by atoms with van der Waals surface area (Å²) >= 11 is 7.24. The van der Waals surface area contributed by atoms with Gasteiger partial charge in [-0.2, -0.15) is 0 Å². The van der Waals surface area contributed by atoms with Crippen LogP contribution in [0.25, 0.3) is 0 Å². The normalized spacial score (nSPS) is 12.1. The lowest BCUT2D eigenvalue weighted by atomic mass is 10.1. The Balaban J connectivity index is 2.08. The summed E-state index contributed by atoms with van der Waals surface area (Å²) in [6, 6.07) is 10.1. The SMILES string of the molecule is CC(C(=O)Nc1cccc(O)c1)c1ccc(Cl)s1. The number of anilines is 1. The number of phenolic OH excluding ortho intramolecular Hbond substituents is 1. The molecule has 2 rings (SSSR count). The second-order valence-electron chi connectivity index (χ2n) is 3.90. The number of carbonyl (C=O) groups is 1. The summed E-state index contributed by atoms with van der Waals surface area (Å²) in [6.07, 6.45) is 0. The zero-order valence-corrected chi connectivity index (χ0v) is 11.3. The fraction of sp³-hybridized carbons (Fsp3) is 0.154. The largest absolute Gasteiger partial charge is 0.508 e. The Morgan fingerprint density at radius 1 is 1.39 bits per heavy atom. The number of hydrogen-bond acceptors (Lipinski definition) is 3. The van der Waals surface area contributed by atoms with Crippen molar-refractivity contribution in [1.82, 2.24) is 0 Å². The number of hydrogen-bond donors (Lipinski definition) is 2. The number of nitrogens with one attached hydrogen (secondary N) is 1. The van der Waals surface area contributed by atoms with Gasteiger partial charge in [-0.15, -0.1) is 11.3 Å². The number of carbonyl (C=O) groups excluding carboxylic acids is 1. The van der Waals surface area contributed by atoms with Crippen LogP contribution in [0.5, 0.6) is 5.75 Å². The van der Waals surface area contributed by atoms with E-state index in [1.54, 1.807) is 24.3 Å². The molecule has 1 amide bonds. The summed E-state index contributed by atoms with van der Waals surface area (Å²) in [4.78, 5) is 12.9. The minimum atomic E-state index is -0.273. The van der Waals surface area contributed by atoms with E-state index in [0.717, 1.165) is 4.88 Å². The lowest BCUT2D eigenvalue weighted by Crippen LogP contribution is -2.17. The molecule has 0 aliphatic rings. The Kier molecular flexibility index (Phi) is 3.89. The molecule has 1 aromatic carbocycles. The molecule has 5 heteroatoms. The van der Waals surface area contributed by atoms with Crippen molar-refractivity contribution in [2.75, 3.05) is 5.32 Å². The zero-order chi connectivity index (χ0) is 13.1. The van der Waals surface area contributed by atoms with E-state index in [-0.39, 0.29) is 17.6 Å². The number of thiophene rings is 1.